The van der Waals surface area contributed by atoms with Crippen molar-refractivity contribution < 1.29 is 21.2 Å². The second-order valence-electron chi connectivity index (χ2n) is 7.47. The molecule has 0 saturated heterocycles. The van der Waals surface area contributed by atoms with E-state index in [2.05, 4.69) is 20.3 Å². The van der Waals surface area contributed by atoms with Crippen LogP contribution in [0, 0.1) is 5.82 Å². The molecule has 35 heavy (non-hydrogen) atoms. The van der Waals surface area contributed by atoms with Crippen LogP contribution in [-0.4, -0.2) is 44.3 Å². The molecule has 0 aliphatic heterocycles. The molecule has 2 heterocycles. The van der Waals surface area contributed by atoms with Crippen LogP contribution in [-0.2, 0) is 20.0 Å². The lowest BCUT2D eigenvalue weighted by molar-refractivity contribution is 0.590. The smallest absolute Gasteiger partial charge is 0.245 e. The Bertz CT molecular complexity index is 1650. The summed E-state index contributed by atoms with van der Waals surface area (Å²) in [5.41, 5.74) is 1.71. The van der Waals surface area contributed by atoms with Gasteiger partial charge in [-0.25, -0.2) is 36.2 Å². The quantitative estimate of drug-likeness (QED) is 0.342. The number of hydrogen-bond donors (Lipinski definition) is 1. The van der Waals surface area contributed by atoms with Gasteiger partial charge in [0, 0.05) is 22.8 Å². The molecule has 182 valence electrons. The number of fused-ring (bicyclic) bond motifs is 1. The molecule has 0 saturated carbocycles. The van der Waals surface area contributed by atoms with Crippen LogP contribution in [0.15, 0.2) is 55.0 Å². The molecule has 0 fully saturated rings. The van der Waals surface area contributed by atoms with Gasteiger partial charge in [0.25, 0.3) is 0 Å². The fourth-order valence-electron chi connectivity index (χ4n) is 3.37. The number of halogens is 3. The summed E-state index contributed by atoms with van der Waals surface area (Å²) in [6, 6.07) is 10.6. The maximum Gasteiger partial charge on any atom is 0.245 e. The third-order valence-corrected chi connectivity index (χ3v) is 8.57. The molecule has 2 aromatic heterocycles. The third-order valence-electron chi connectivity index (χ3n) is 4.77. The Hall–Kier alpha value is -3.06. The Morgan fingerprint density at radius 2 is 1.60 bits per heavy atom. The van der Waals surface area contributed by atoms with Crippen molar-refractivity contribution in [2.24, 2.45) is 0 Å². The fraction of sp³-hybridized carbons (Fsp3) is 0.0952. The molecular formula is C21H16Cl2FN5O4S2. The topological polar surface area (TPSA) is 122 Å². The molecule has 0 bridgehead atoms. The van der Waals surface area contributed by atoms with E-state index in [0.717, 1.165) is 12.5 Å². The third kappa shape index (κ3) is 5.30. The molecule has 2 aromatic carbocycles. The number of aromatic nitrogens is 3. The van der Waals surface area contributed by atoms with Gasteiger partial charge in [-0.2, -0.15) is 3.71 Å². The van der Waals surface area contributed by atoms with Crippen molar-refractivity contribution in [2.45, 2.75) is 0 Å². The highest BCUT2D eigenvalue weighted by Crippen LogP contribution is 2.34. The summed E-state index contributed by atoms with van der Waals surface area (Å²) in [4.78, 5) is 12.5. The van der Waals surface area contributed by atoms with E-state index in [-0.39, 0.29) is 19.6 Å². The molecule has 1 N–H and O–H groups in total. The van der Waals surface area contributed by atoms with E-state index in [1.165, 1.54) is 36.8 Å². The normalized spacial score (nSPS) is 12.0. The fourth-order valence-corrected chi connectivity index (χ4v) is 6.80. The van der Waals surface area contributed by atoms with Crippen molar-refractivity contribution in [2.75, 3.05) is 21.5 Å². The van der Waals surface area contributed by atoms with Crippen molar-refractivity contribution in [3.63, 3.8) is 0 Å². The minimum Gasteiger partial charge on any atom is -0.340 e. The summed E-state index contributed by atoms with van der Waals surface area (Å²) in [7, 11) is -8.45. The summed E-state index contributed by atoms with van der Waals surface area (Å²) in [5.74, 6) is -0.161. The van der Waals surface area contributed by atoms with E-state index >= 15 is 0 Å². The Morgan fingerprint density at radius 1 is 0.886 bits per heavy atom. The lowest BCUT2D eigenvalue weighted by Crippen LogP contribution is -2.35. The van der Waals surface area contributed by atoms with Crippen LogP contribution < -0.4 is 9.03 Å². The van der Waals surface area contributed by atoms with E-state index in [1.807, 2.05) is 0 Å². The van der Waals surface area contributed by atoms with Gasteiger partial charge in [-0.15, -0.1) is 0 Å². The largest absolute Gasteiger partial charge is 0.340 e. The van der Waals surface area contributed by atoms with E-state index in [0.29, 0.717) is 33.5 Å². The molecule has 14 heteroatoms. The molecule has 0 unspecified atom stereocenters. The Balaban J connectivity index is 1.83. The highest BCUT2D eigenvalue weighted by atomic mass is 35.5. The summed E-state index contributed by atoms with van der Waals surface area (Å²) in [5, 5.41) is 3.28. The molecule has 0 aliphatic carbocycles. The summed E-state index contributed by atoms with van der Waals surface area (Å²) >= 11 is 11.9. The molecular weight excluding hydrogens is 540 g/mol. The summed E-state index contributed by atoms with van der Waals surface area (Å²) in [6.45, 7) is 0. The molecule has 0 atom stereocenters. The predicted molar refractivity (Wildman–Crippen MR) is 135 cm³/mol. The first-order valence-electron chi connectivity index (χ1n) is 9.68. The molecule has 0 aliphatic rings. The maximum atomic E-state index is 13.5. The first-order valence-corrected chi connectivity index (χ1v) is 14.1. The van der Waals surface area contributed by atoms with Crippen LogP contribution in [0.25, 0.3) is 22.0 Å². The van der Waals surface area contributed by atoms with Crippen LogP contribution in [0.4, 0.5) is 21.6 Å². The molecule has 0 radical (unpaired) electrons. The lowest BCUT2D eigenvalue weighted by atomic mass is 10.0. The van der Waals surface area contributed by atoms with Crippen LogP contribution in [0.2, 0.25) is 10.2 Å². The molecule has 0 spiro atoms. The first-order chi connectivity index (χ1) is 16.3. The van der Waals surface area contributed by atoms with Gasteiger partial charge in [-0.05, 0) is 42.0 Å². The highest BCUT2D eigenvalue weighted by molar-refractivity contribution is 8.09. The number of anilines is 3. The van der Waals surface area contributed by atoms with Gasteiger partial charge in [-0.3, -0.25) is 0 Å². The van der Waals surface area contributed by atoms with E-state index in [1.54, 1.807) is 18.2 Å². The summed E-state index contributed by atoms with van der Waals surface area (Å²) < 4.78 is 62.6. The predicted octanol–water partition coefficient (Wildman–Crippen LogP) is 4.61. The van der Waals surface area contributed by atoms with Crippen LogP contribution in [0.3, 0.4) is 0 Å². The number of benzene rings is 2. The Morgan fingerprint density at radius 3 is 2.26 bits per heavy atom. The number of nitrogens with one attached hydrogen (secondary N) is 1. The molecule has 0 amide bonds. The number of hydrogen-bond acceptors (Lipinski definition) is 8. The standard InChI is InChI=1S/C21H16Cl2FN5O4S2/c1-34(30,31)29(35(2,32)33)19-8-13(10-25-20(19)23)12-3-6-18-15(7-12)21(27-11-26-18)28-14-4-5-17(24)16(22)9-14/h3-11H,1-2H3,(H,26,27,28). The molecule has 4 aromatic rings. The summed E-state index contributed by atoms with van der Waals surface area (Å²) in [6.07, 6.45) is 4.24. The van der Waals surface area contributed by atoms with Gasteiger partial charge < -0.3 is 5.32 Å². The maximum absolute atomic E-state index is 13.5. The average Bonchev–Trinajstić information content (AvgIpc) is 2.76. The number of sulfonamides is 2. The van der Waals surface area contributed by atoms with Crippen molar-refractivity contribution >= 4 is 71.3 Å². The van der Waals surface area contributed by atoms with Crippen molar-refractivity contribution in [1.29, 1.82) is 0 Å². The van der Waals surface area contributed by atoms with Gasteiger partial charge in [-0.1, -0.05) is 29.3 Å². The minimum atomic E-state index is -4.23. The monoisotopic (exact) mass is 555 g/mol. The lowest BCUT2D eigenvalue weighted by Gasteiger charge is -2.21. The van der Waals surface area contributed by atoms with Gasteiger partial charge in [0.1, 0.15) is 23.6 Å². The highest BCUT2D eigenvalue weighted by Gasteiger charge is 2.30. The van der Waals surface area contributed by atoms with Gasteiger partial charge in [0.05, 0.1) is 23.1 Å². The van der Waals surface area contributed by atoms with E-state index < -0.39 is 25.9 Å². The SMILES string of the molecule is CS(=O)(=O)N(c1cc(-c2ccc3ncnc(Nc4ccc(F)c(Cl)c4)c3c2)cnc1Cl)S(C)(=O)=O. The van der Waals surface area contributed by atoms with Crippen molar-refractivity contribution in [3.8, 4) is 11.1 Å². The van der Waals surface area contributed by atoms with Gasteiger partial charge >= 0.3 is 0 Å². The van der Waals surface area contributed by atoms with Crippen LogP contribution in [0.1, 0.15) is 0 Å². The Kier molecular flexibility index (Phi) is 6.58. The van der Waals surface area contributed by atoms with E-state index in [4.69, 9.17) is 23.2 Å². The number of pyridine rings is 1. The van der Waals surface area contributed by atoms with Crippen molar-refractivity contribution in [1.82, 2.24) is 15.0 Å². The zero-order chi connectivity index (χ0) is 25.5. The first kappa shape index (κ1) is 25.0. The number of rotatable bonds is 6. The zero-order valence-corrected chi connectivity index (χ0v) is 21.2. The van der Waals surface area contributed by atoms with Gasteiger partial charge in [0.2, 0.25) is 20.0 Å². The van der Waals surface area contributed by atoms with Crippen LogP contribution >= 0.6 is 23.2 Å². The second kappa shape index (κ2) is 9.19. The zero-order valence-electron chi connectivity index (χ0n) is 18.1. The Labute approximate surface area is 210 Å². The van der Waals surface area contributed by atoms with Crippen LogP contribution in [0.5, 0.6) is 0 Å². The minimum absolute atomic E-state index is 0.0601. The average molecular weight is 556 g/mol. The molecule has 4 rings (SSSR count). The number of nitrogens with zero attached hydrogens (tertiary/aromatic N) is 4. The second-order valence-corrected chi connectivity index (χ2v) is 12.1. The van der Waals surface area contributed by atoms with Crippen molar-refractivity contribution in [3.05, 3.63) is 71.0 Å². The molecule has 9 nitrogen and oxygen atoms in total. The van der Waals surface area contributed by atoms with Gasteiger partial charge in [0.15, 0.2) is 5.15 Å². The van der Waals surface area contributed by atoms with E-state index in [9.17, 15) is 21.2 Å².